The summed E-state index contributed by atoms with van der Waals surface area (Å²) < 4.78 is 0. The van der Waals surface area contributed by atoms with Gasteiger partial charge in [-0.2, -0.15) is 0 Å². The summed E-state index contributed by atoms with van der Waals surface area (Å²) in [4.78, 5) is 8.94. The molecule has 0 aromatic carbocycles. The van der Waals surface area contributed by atoms with Crippen LogP contribution in [0.5, 0.6) is 0 Å². The highest BCUT2D eigenvalue weighted by atomic mass is 15.1. The maximum atomic E-state index is 4.53. The predicted octanol–water partition coefficient (Wildman–Crippen LogP) is 3.76. The molecule has 0 spiro atoms. The van der Waals surface area contributed by atoms with Gasteiger partial charge in [-0.25, -0.2) is 9.97 Å². The average molecular weight is 276 g/mol. The van der Waals surface area contributed by atoms with Crippen LogP contribution in [0.25, 0.3) is 0 Å². The molecule has 0 amide bonds. The maximum absolute atomic E-state index is 4.53. The lowest BCUT2D eigenvalue weighted by Crippen LogP contribution is -2.22. The summed E-state index contributed by atoms with van der Waals surface area (Å²) in [6.45, 7) is 7.37. The van der Waals surface area contributed by atoms with Crippen molar-refractivity contribution in [3.8, 4) is 0 Å². The van der Waals surface area contributed by atoms with Crippen LogP contribution in [0.4, 0.5) is 11.6 Å². The van der Waals surface area contributed by atoms with E-state index in [2.05, 4.69) is 34.4 Å². The van der Waals surface area contributed by atoms with Crippen LogP contribution in [-0.4, -0.2) is 23.6 Å². The van der Waals surface area contributed by atoms with Gasteiger partial charge in [0.2, 0.25) is 0 Å². The quantitative estimate of drug-likeness (QED) is 0.859. The zero-order valence-corrected chi connectivity index (χ0v) is 13.3. The van der Waals surface area contributed by atoms with Crippen molar-refractivity contribution >= 4 is 11.6 Å². The normalized spacial score (nSPS) is 22.6. The molecule has 0 unspecified atom stereocenters. The third-order valence-electron chi connectivity index (χ3n) is 4.60. The van der Waals surface area contributed by atoms with Gasteiger partial charge < -0.3 is 10.6 Å². The van der Waals surface area contributed by atoms with Gasteiger partial charge in [0.05, 0.1) is 0 Å². The molecule has 4 nitrogen and oxygen atoms in total. The summed E-state index contributed by atoms with van der Waals surface area (Å²) in [6.07, 6.45) is 6.84. The van der Waals surface area contributed by atoms with E-state index in [4.69, 9.17) is 0 Å². The molecule has 0 aliphatic heterocycles. The molecular formula is C16H28N4. The van der Waals surface area contributed by atoms with Gasteiger partial charge in [-0.3, -0.25) is 0 Å². The Kier molecular flexibility index (Phi) is 5.21. The van der Waals surface area contributed by atoms with Crippen molar-refractivity contribution in [3.63, 3.8) is 0 Å². The molecule has 2 N–H and O–H groups in total. The first-order valence-corrected chi connectivity index (χ1v) is 7.90. The first kappa shape index (κ1) is 15.1. The molecule has 1 fully saturated rings. The van der Waals surface area contributed by atoms with Crippen LogP contribution < -0.4 is 10.6 Å². The van der Waals surface area contributed by atoms with Gasteiger partial charge in [0.25, 0.3) is 0 Å². The third-order valence-corrected chi connectivity index (χ3v) is 4.60. The number of aromatic nitrogens is 2. The Labute approximate surface area is 122 Å². The lowest BCUT2D eigenvalue weighted by atomic mass is 9.81. The first-order valence-electron chi connectivity index (χ1n) is 7.90. The molecule has 112 valence electrons. The number of nitrogens with one attached hydrogen (secondary N) is 2. The molecular weight excluding hydrogens is 248 g/mol. The molecule has 1 saturated carbocycles. The number of aryl methyl sites for hydroxylation is 1. The van der Waals surface area contributed by atoms with Gasteiger partial charge in [-0.05, 0) is 38.5 Å². The van der Waals surface area contributed by atoms with Crippen molar-refractivity contribution in [1.29, 1.82) is 0 Å². The Bertz CT molecular complexity index is 436. The van der Waals surface area contributed by atoms with E-state index in [9.17, 15) is 0 Å². The summed E-state index contributed by atoms with van der Waals surface area (Å²) in [5.41, 5.74) is 1.11. The minimum Gasteiger partial charge on any atom is -0.373 e. The zero-order valence-electron chi connectivity index (χ0n) is 13.3. The second kappa shape index (κ2) is 6.91. The number of anilines is 2. The van der Waals surface area contributed by atoms with Crippen LogP contribution >= 0.6 is 0 Å². The Morgan fingerprint density at radius 1 is 1.00 bits per heavy atom. The Hall–Kier alpha value is -1.32. The second-order valence-electron chi connectivity index (χ2n) is 6.02. The van der Waals surface area contributed by atoms with E-state index in [-0.39, 0.29) is 0 Å². The molecule has 1 aliphatic rings. The SMILES string of the molecule is CCC1CCC(CNc2nc(C)nc(NC)c2C)CC1. The van der Waals surface area contributed by atoms with Gasteiger partial charge in [-0.15, -0.1) is 0 Å². The summed E-state index contributed by atoms with van der Waals surface area (Å²) in [7, 11) is 1.91. The fourth-order valence-corrected chi connectivity index (χ4v) is 3.13. The monoisotopic (exact) mass is 276 g/mol. The van der Waals surface area contributed by atoms with Crippen LogP contribution in [0.2, 0.25) is 0 Å². The standard InChI is InChI=1S/C16H28N4/c1-5-13-6-8-14(9-7-13)10-18-16-11(2)15(17-4)19-12(3)20-16/h13-14H,5-10H2,1-4H3,(H2,17,18,19,20). The molecule has 1 aliphatic carbocycles. The van der Waals surface area contributed by atoms with E-state index in [1.165, 1.54) is 32.1 Å². The fraction of sp³-hybridized carbons (Fsp3) is 0.750. The molecule has 0 saturated heterocycles. The Morgan fingerprint density at radius 3 is 2.20 bits per heavy atom. The van der Waals surface area contributed by atoms with E-state index in [0.717, 1.165) is 41.4 Å². The van der Waals surface area contributed by atoms with Crippen molar-refractivity contribution in [2.75, 3.05) is 24.2 Å². The molecule has 0 bridgehead atoms. The van der Waals surface area contributed by atoms with Crippen LogP contribution in [-0.2, 0) is 0 Å². The van der Waals surface area contributed by atoms with Crippen molar-refractivity contribution in [3.05, 3.63) is 11.4 Å². The first-order chi connectivity index (χ1) is 9.63. The van der Waals surface area contributed by atoms with Gasteiger partial charge in [0.1, 0.15) is 17.5 Å². The minimum absolute atomic E-state index is 0.797. The van der Waals surface area contributed by atoms with E-state index < -0.39 is 0 Å². The van der Waals surface area contributed by atoms with E-state index in [0.29, 0.717) is 0 Å². The number of hydrogen-bond donors (Lipinski definition) is 2. The predicted molar refractivity (Wildman–Crippen MR) is 85.3 cm³/mol. The van der Waals surface area contributed by atoms with Gasteiger partial charge in [0, 0.05) is 19.2 Å². The van der Waals surface area contributed by atoms with Crippen LogP contribution in [0.1, 0.15) is 50.4 Å². The van der Waals surface area contributed by atoms with E-state index in [1.807, 2.05) is 14.0 Å². The van der Waals surface area contributed by atoms with Crippen LogP contribution in [0.3, 0.4) is 0 Å². The van der Waals surface area contributed by atoms with Crippen molar-refractivity contribution < 1.29 is 0 Å². The molecule has 1 heterocycles. The van der Waals surface area contributed by atoms with Gasteiger partial charge >= 0.3 is 0 Å². The molecule has 0 atom stereocenters. The average Bonchev–Trinajstić information content (AvgIpc) is 2.48. The molecule has 0 radical (unpaired) electrons. The van der Waals surface area contributed by atoms with Gasteiger partial charge in [-0.1, -0.05) is 26.2 Å². The lowest BCUT2D eigenvalue weighted by molar-refractivity contribution is 0.278. The van der Waals surface area contributed by atoms with Crippen LogP contribution in [0, 0.1) is 25.7 Å². The smallest absolute Gasteiger partial charge is 0.134 e. The largest absolute Gasteiger partial charge is 0.373 e. The highest BCUT2D eigenvalue weighted by Crippen LogP contribution is 2.31. The highest BCUT2D eigenvalue weighted by Gasteiger charge is 2.20. The molecule has 1 aromatic heterocycles. The number of nitrogens with zero attached hydrogens (tertiary/aromatic N) is 2. The minimum atomic E-state index is 0.797. The number of hydrogen-bond acceptors (Lipinski definition) is 4. The second-order valence-corrected chi connectivity index (χ2v) is 6.02. The topological polar surface area (TPSA) is 49.8 Å². The van der Waals surface area contributed by atoms with E-state index >= 15 is 0 Å². The van der Waals surface area contributed by atoms with E-state index in [1.54, 1.807) is 0 Å². The van der Waals surface area contributed by atoms with Crippen LogP contribution in [0.15, 0.2) is 0 Å². The fourth-order valence-electron chi connectivity index (χ4n) is 3.13. The van der Waals surface area contributed by atoms with Crippen molar-refractivity contribution in [2.45, 2.75) is 52.9 Å². The van der Waals surface area contributed by atoms with Crippen molar-refractivity contribution in [1.82, 2.24) is 9.97 Å². The molecule has 20 heavy (non-hydrogen) atoms. The summed E-state index contributed by atoms with van der Waals surface area (Å²) in [6, 6.07) is 0. The lowest BCUT2D eigenvalue weighted by Gasteiger charge is -2.28. The van der Waals surface area contributed by atoms with Crippen molar-refractivity contribution in [2.24, 2.45) is 11.8 Å². The molecule has 1 aromatic rings. The summed E-state index contributed by atoms with van der Waals surface area (Å²) >= 11 is 0. The molecule has 2 rings (SSSR count). The zero-order chi connectivity index (χ0) is 14.5. The summed E-state index contributed by atoms with van der Waals surface area (Å²) in [5, 5.41) is 6.68. The van der Waals surface area contributed by atoms with Gasteiger partial charge in [0.15, 0.2) is 0 Å². The summed E-state index contributed by atoms with van der Waals surface area (Å²) in [5.74, 6) is 4.49. The maximum Gasteiger partial charge on any atom is 0.134 e. The Balaban J connectivity index is 1.93. The number of rotatable bonds is 5. The highest BCUT2D eigenvalue weighted by molar-refractivity contribution is 5.56. The molecule has 4 heteroatoms. The Morgan fingerprint density at radius 2 is 1.60 bits per heavy atom. The third kappa shape index (κ3) is 3.62.